The van der Waals surface area contributed by atoms with Gasteiger partial charge >= 0.3 is 0 Å². The van der Waals surface area contributed by atoms with Crippen molar-refractivity contribution in [2.75, 3.05) is 0 Å². The Balaban J connectivity index is 3.65. The second kappa shape index (κ2) is 12.5. The minimum Gasteiger partial charge on any atom is -0.0654 e. The predicted molar refractivity (Wildman–Crippen MR) is 80.5 cm³/mol. The quantitative estimate of drug-likeness (QED) is 0.338. The van der Waals surface area contributed by atoms with Crippen molar-refractivity contribution in [2.24, 2.45) is 11.8 Å². The molecule has 0 aromatic carbocycles. The van der Waals surface area contributed by atoms with Gasteiger partial charge in [-0.25, -0.2) is 0 Å². The van der Waals surface area contributed by atoms with Crippen LogP contribution in [0.1, 0.15) is 98.3 Å². The van der Waals surface area contributed by atoms with Gasteiger partial charge < -0.3 is 0 Å². The first-order valence-electron chi connectivity index (χ1n) is 8.24. The Kier molecular flexibility index (Phi) is 12.5. The van der Waals surface area contributed by atoms with Crippen molar-refractivity contribution in [1.82, 2.24) is 0 Å². The molecule has 0 aromatic heterocycles. The summed E-state index contributed by atoms with van der Waals surface area (Å²) in [6, 6.07) is 0. The lowest BCUT2D eigenvalue weighted by atomic mass is 9.86. The zero-order valence-corrected chi connectivity index (χ0v) is 12.9. The van der Waals surface area contributed by atoms with E-state index < -0.39 is 0 Å². The maximum absolute atomic E-state index is 2.45. The minimum absolute atomic E-state index is 0.951. The molecule has 0 spiro atoms. The van der Waals surface area contributed by atoms with E-state index in [1.54, 1.807) is 0 Å². The van der Waals surface area contributed by atoms with Crippen LogP contribution in [0.4, 0.5) is 0 Å². The molecule has 104 valence electrons. The Morgan fingerprint density at radius 1 is 0.647 bits per heavy atom. The highest BCUT2D eigenvalue weighted by molar-refractivity contribution is 4.64. The number of hydrogen-bond acceptors (Lipinski definition) is 0. The van der Waals surface area contributed by atoms with Crippen molar-refractivity contribution < 1.29 is 0 Å². The summed E-state index contributed by atoms with van der Waals surface area (Å²) >= 11 is 0. The Morgan fingerprint density at radius 2 is 1.29 bits per heavy atom. The molecule has 0 N–H and O–H groups in total. The zero-order valence-electron chi connectivity index (χ0n) is 12.9. The average Bonchev–Trinajstić information content (AvgIpc) is 2.29. The lowest BCUT2D eigenvalue weighted by Gasteiger charge is -2.20. The van der Waals surface area contributed by atoms with Crippen LogP contribution in [0.3, 0.4) is 0 Å². The molecule has 0 fully saturated rings. The van der Waals surface area contributed by atoms with Crippen molar-refractivity contribution in [3.63, 3.8) is 0 Å². The Morgan fingerprint density at radius 3 is 1.88 bits per heavy atom. The van der Waals surface area contributed by atoms with E-state index in [-0.39, 0.29) is 0 Å². The molecule has 17 heavy (non-hydrogen) atoms. The smallest absolute Gasteiger partial charge is 0.0412 e. The van der Waals surface area contributed by atoms with Gasteiger partial charge in [-0.1, -0.05) is 91.9 Å². The van der Waals surface area contributed by atoms with E-state index in [9.17, 15) is 0 Å². The van der Waals surface area contributed by atoms with Gasteiger partial charge in [0.25, 0.3) is 0 Å². The normalized spacial score (nSPS) is 14.8. The molecule has 2 atom stereocenters. The van der Waals surface area contributed by atoms with Crippen LogP contribution < -0.4 is 0 Å². The Labute approximate surface area is 111 Å². The molecule has 0 amide bonds. The fourth-order valence-corrected chi connectivity index (χ4v) is 3.00. The summed E-state index contributed by atoms with van der Waals surface area (Å²) in [5.41, 5.74) is 0. The third-order valence-corrected chi connectivity index (χ3v) is 3.93. The van der Waals surface area contributed by atoms with E-state index in [4.69, 9.17) is 0 Å². The molecule has 0 heteroatoms. The Hall–Kier alpha value is 0. The van der Waals surface area contributed by atoms with Crippen LogP contribution >= 0.6 is 0 Å². The highest BCUT2D eigenvalue weighted by Crippen LogP contribution is 2.25. The maximum Gasteiger partial charge on any atom is -0.0412 e. The molecule has 0 aliphatic heterocycles. The maximum atomic E-state index is 2.45. The van der Waals surface area contributed by atoms with Crippen LogP contribution in [-0.4, -0.2) is 0 Å². The number of hydrogen-bond donors (Lipinski definition) is 0. The van der Waals surface area contributed by atoms with Crippen molar-refractivity contribution in [1.29, 1.82) is 0 Å². The van der Waals surface area contributed by atoms with E-state index >= 15 is 0 Å². The fraction of sp³-hybridized carbons (Fsp3) is 1.00. The molecule has 0 radical (unpaired) electrons. The standard InChI is InChI=1S/C17H36/c1-5-8-9-10-11-14-17(13-7-3)15-16(4)12-6-2/h16-17H,5-15H2,1-4H3. The van der Waals surface area contributed by atoms with Crippen molar-refractivity contribution in [3.05, 3.63) is 0 Å². The topological polar surface area (TPSA) is 0 Å². The summed E-state index contributed by atoms with van der Waals surface area (Å²) in [7, 11) is 0. The predicted octanol–water partition coefficient (Wildman–Crippen LogP) is 6.59. The van der Waals surface area contributed by atoms with E-state index in [1.807, 2.05) is 0 Å². The van der Waals surface area contributed by atoms with Gasteiger partial charge in [-0.05, 0) is 18.3 Å². The van der Waals surface area contributed by atoms with Crippen LogP contribution in [0.25, 0.3) is 0 Å². The summed E-state index contributed by atoms with van der Waals surface area (Å²) < 4.78 is 0. The zero-order chi connectivity index (χ0) is 12.9. The monoisotopic (exact) mass is 240 g/mol. The number of rotatable bonds is 12. The van der Waals surface area contributed by atoms with Gasteiger partial charge in [-0.3, -0.25) is 0 Å². The lowest BCUT2D eigenvalue weighted by molar-refractivity contribution is 0.324. The molecule has 2 unspecified atom stereocenters. The first-order valence-corrected chi connectivity index (χ1v) is 8.24. The van der Waals surface area contributed by atoms with Crippen molar-refractivity contribution in [2.45, 2.75) is 98.3 Å². The molecule has 0 nitrogen and oxygen atoms in total. The van der Waals surface area contributed by atoms with E-state index in [0.29, 0.717) is 0 Å². The molecule has 0 aliphatic carbocycles. The molecular weight excluding hydrogens is 204 g/mol. The van der Waals surface area contributed by atoms with Crippen LogP contribution in [0.15, 0.2) is 0 Å². The van der Waals surface area contributed by atoms with Gasteiger partial charge in [0.1, 0.15) is 0 Å². The van der Waals surface area contributed by atoms with Gasteiger partial charge in [0.2, 0.25) is 0 Å². The summed E-state index contributed by atoms with van der Waals surface area (Å²) in [4.78, 5) is 0. The van der Waals surface area contributed by atoms with Crippen LogP contribution in [0.2, 0.25) is 0 Å². The van der Waals surface area contributed by atoms with Gasteiger partial charge in [0.15, 0.2) is 0 Å². The van der Waals surface area contributed by atoms with Gasteiger partial charge in [-0.2, -0.15) is 0 Å². The molecule has 0 aromatic rings. The van der Waals surface area contributed by atoms with Crippen LogP contribution in [0, 0.1) is 11.8 Å². The van der Waals surface area contributed by atoms with Crippen molar-refractivity contribution >= 4 is 0 Å². The third kappa shape index (κ3) is 10.9. The molecular formula is C17H36. The van der Waals surface area contributed by atoms with Gasteiger partial charge in [0, 0.05) is 0 Å². The summed E-state index contributed by atoms with van der Waals surface area (Å²) in [6.07, 6.45) is 15.8. The molecule has 0 bridgehead atoms. The highest BCUT2D eigenvalue weighted by atomic mass is 14.2. The lowest BCUT2D eigenvalue weighted by Crippen LogP contribution is -2.07. The molecule has 0 saturated heterocycles. The van der Waals surface area contributed by atoms with Gasteiger partial charge in [0.05, 0.1) is 0 Å². The first kappa shape index (κ1) is 17.0. The largest absolute Gasteiger partial charge is 0.0654 e. The number of unbranched alkanes of at least 4 members (excludes halogenated alkanes) is 4. The fourth-order valence-electron chi connectivity index (χ4n) is 3.00. The minimum atomic E-state index is 0.951. The average molecular weight is 240 g/mol. The SMILES string of the molecule is CCCCCCCC(CCC)CC(C)CCC. The summed E-state index contributed by atoms with van der Waals surface area (Å²) in [5.74, 6) is 1.97. The van der Waals surface area contributed by atoms with E-state index in [0.717, 1.165) is 11.8 Å². The molecule has 0 saturated carbocycles. The van der Waals surface area contributed by atoms with Crippen LogP contribution in [0.5, 0.6) is 0 Å². The van der Waals surface area contributed by atoms with E-state index in [1.165, 1.54) is 70.6 Å². The molecule has 0 rings (SSSR count). The summed E-state index contributed by atoms with van der Waals surface area (Å²) in [5, 5.41) is 0. The van der Waals surface area contributed by atoms with Crippen molar-refractivity contribution in [3.8, 4) is 0 Å². The first-order chi connectivity index (χ1) is 8.24. The molecule has 0 aliphatic rings. The van der Waals surface area contributed by atoms with E-state index in [2.05, 4.69) is 27.7 Å². The second-order valence-corrected chi connectivity index (χ2v) is 5.99. The summed E-state index contributed by atoms with van der Waals surface area (Å²) in [6.45, 7) is 9.40. The third-order valence-electron chi connectivity index (χ3n) is 3.93. The van der Waals surface area contributed by atoms with Crippen LogP contribution in [-0.2, 0) is 0 Å². The Bertz CT molecular complexity index is 139. The molecule has 0 heterocycles. The highest BCUT2D eigenvalue weighted by Gasteiger charge is 2.11. The van der Waals surface area contributed by atoms with Gasteiger partial charge in [-0.15, -0.1) is 0 Å². The second-order valence-electron chi connectivity index (χ2n) is 5.99.